The highest BCUT2D eigenvalue weighted by Gasteiger charge is 2.21. The molecular formula is C15H19N3O4. The van der Waals surface area contributed by atoms with E-state index in [1.165, 1.54) is 0 Å². The first-order chi connectivity index (χ1) is 10.5. The number of carbonyl (C=O) groups excluding carboxylic acids is 2. The first-order valence-corrected chi connectivity index (χ1v) is 7.13. The van der Waals surface area contributed by atoms with E-state index in [-0.39, 0.29) is 24.3 Å². The molecule has 118 valence electrons. The molecule has 1 aromatic rings. The van der Waals surface area contributed by atoms with Gasteiger partial charge in [0, 0.05) is 37.3 Å². The SMILES string of the molecule is CC(CNC(=O)c1ccc(N2CCNC2=O)cc1)CC(=O)O. The Hall–Kier alpha value is -2.57. The van der Waals surface area contributed by atoms with E-state index in [1.54, 1.807) is 36.1 Å². The van der Waals surface area contributed by atoms with Gasteiger partial charge in [0.25, 0.3) is 5.91 Å². The van der Waals surface area contributed by atoms with Crippen molar-refractivity contribution in [2.45, 2.75) is 13.3 Å². The van der Waals surface area contributed by atoms with E-state index < -0.39 is 5.97 Å². The molecule has 0 bridgehead atoms. The van der Waals surface area contributed by atoms with Gasteiger partial charge in [0.05, 0.1) is 0 Å². The number of carboxylic acid groups (broad SMARTS) is 1. The van der Waals surface area contributed by atoms with Crippen molar-refractivity contribution in [2.75, 3.05) is 24.5 Å². The number of nitrogens with zero attached hydrogens (tertiary/aromatic N) is 1. The van der Waals surface area contributed by atoms with Crippen LogP contribution in [-0.4, -0.2) is 42.6 Å². The summed E-state index contributed by atoms with van der Waals surface area (Å²) in [6.45, 7) is 3.30. The minimum Gasteiger partial charge on any atom is -0.481 e. The normalized spacial score (nSPS) is 15.3. The molecule has 1 fully saturated rings. The van der Waals surface area contributed by atoms with Crippen LogP contribution in [0.25, 0.3) is 0 Å². The molecule has 1 saturated heterocycles. The van der Waals surface area contributed by atoms with Crippen molar-refractivity contribution < 1.29 is 19.5 Å². The Labute approximate surface area is 128 Å². The van der Waals surface area contributed by atoms with Crippen LogP contribution in [0.2, 0.25) is 0 Å². The highest BCUT2D eigenvalue weighted by Crippen LogP contribution is 2.17. The van der Waals surface area contributed by atoms with E-state index in [0.29, 0.717) is 25.2 Å². The number of nitrogens with one attached hydrogen (secondary N) is 2. The van der Waals surface area contributed by atoms with Crippen LogP contribution >= 0.6 is 0 Å². The van der Waals surface area contributed by atoms with E-state index in [0.717, 1.165) is 5.69 Å². The average Bonchev–Trinajstić information content (AvgIpc) is 2.90. The van der Waals surface area contributed by atoms with Crippen molar-refractivity contribution in [3.05, 3.63) is 29.8 Å². The molecule has 0 aliphatic carbocycles. The maximum atomic E-state index is 12.0. The maximum absolute atomic E-state index is 12.0. The topological polar surface area (TPSA) is 98.7 Å². The number of urea groups is 1. The van der Waals surface area contributed by atoms with Gasteiger partial charge >= 0.3 is 12.0 Å². The summed E-state index contributed by atoms with van der Waals surface area (Å²) in [7, 11) is 0. The second-order valence-corrected chi connectivity index (χ2v) is 5.34. The maximum Gasteiger partial charge on any atom is 0.321 e. The summed E-state index contributed by atoms with van der Waals surface area (Å²) in [6, 6.07) is 6.61. The van der Waals surface area contributed by atoms with Gasteiger partial charge in [-0.05, 0) is 30.2 Å². The molecule has 0 spiro atoms. The predicted molar refractivity (Wildman–Crippen MR) is 80.9 cm³/mol. The van der Waals surface area contributed by atoms with E-state index in [1.807, 2.05) is 0 Å². The number of benzene rings is 1. The van der Waals surface area contributed by atoms with Gasteiger partial charge in [-0.3, -0.25) is 14.5 Å². The number of carboxylic acids is 1. The van der Waals surface area contributed by atoms with E-state index in [2.05, 4.69) is 10.6 Å². The van der Waals surface area contributed by atoms with Crippen LogP contribution in [0.5, 0.6) is 0 Å². The predicted octanol–water partition coefficient (Wildman–Crippen LogP) is 1.06. The summed E-state index contributed by atoms with van der Waals surface area (Å²) in [6.07, 6.45) is 0.0172. The number of aliphatic carboxylic acids is 1. The summed E-state index contributed by atoms with van der Waals surface area (Å²) in [4.78, 5) is 35.7. The number of anilines is 1. The van der Waals surface area contributed by atoms with Gasteiger partial charge in [0.2, 0.25) is 0 Å². The first kappa shape index (κ1) is 15.8. The molecule has 22 heavy (non-hydrogen) atoms. The Morgan fingerprint density at radius 1 is 1.36 bits per heavy atom. The molecule has 1 aliphatic heterocycles. The number of hydrogen-bond donors (Lipinski definition) is 3. The second-order valence-electron chi connectivity index (χ2n) is 5.34. The molecule has 1 atom stereocenters. The van der Waals surface area contributed by atoms with Crippen molar-refractivity contribution in [2.24, 2.45) is 5.92 Å². The molecular weight excluding hydrogens is 286 g/mol. The van der Waals surface area contributed by atoms with Gasteiger partial charge in [-0.2, -0.15) is 0 Å². The first-order valence-electron chi connectivity index (χ1n) is 7.13. The van der Waals surface area contributed by atoms with Crippen LogP contribution in [0.4, 0.5) is 10.5 Å². The molecule has 1 aliphatic rings. The van der Waals surface area contributed by atoms with E-state index >= 15 is 0 Å². The lowest BCUT2D eigenvalue weighted by Gasteiger charge is -2.15. The molecule has 1 unspecified atom stereocenters. The third-order valence-corrected chi connectivity index (χ3v) is 3.43. The van der Waals surface area contributed by atoms with Crippen molar-refractivity contribution >= 4 is 23.6 Å². The Morgan fingerprint density at radius 3 is 2.59 bits per heavy atom. The van der Waals surface area contributed by atoms with Crippen molar-refractivity contribution in [3.8, 4) is 0 Å². The van der Waals surface area contributed by atoms with E-state index in [9.17, 15) is 14.4 Å². The summed E-state index contributed by atoms with van der Waals surface area (Å²) >= 11 is 0. The molecule has 3 N–H and O–H groups in total. The Bertz CT molecular complexity index is 571. The zero-order valence-corrected chi connectivity index (χ0v) is 12.3. The number of amides is 3. The quantitative estimate of drug-likeness (QED) is 0.731. The molecule has 1 heterocycles. The highest BCUT2D eigenvalue weighted by atomic mass is 16.4. The third-order valence-electron chi connectivity index (χ3n) is 3.43. The van der Waals surface area contributed by atoms with Gasteiger partial charge in [0.1, 0.15) is 0 Å². The van der Waals surface area contributed by atoms with Crippen LogP contribution in [0.3, 0.4) is 0 Å². The molecule has 3 amide bonds. The molecule has 7 heteroatoms. The minimum atomic E-state index is -0.880. The van der Waals surface area contributed by atoms with Crippen LogP contribution in [0.1, 0.15) is 23.7 Å². The van der Waals surface area contributed by atoms with Gasteiger partial charge in [0.15, 0.2) is 0 Å². The zero-order chi connectivity index (χ0) is 16.1. The van der Waals surface area contributed by atoms with Gasteiger partial charge < -0.3 is 15.7 Å². The van der Waals surface area contributed by atoms with Crippen LogP contribution in [0.15, 0.2) is 24.3 Å². The smallest absolute Gasteiger partial charge is 0.321 e. The minimum absolute atomic E-state index is 0.0172. The summed E-state index contributed by atoms with van der Waals surface area (Å²) in [5.74, 6) is -1.27. The standard InChI is InChI=1S/C15H19N3O4/c1-10(8-13(19)20)9-17-14(21)11-2-4-12(5-3-11)18-7-6-16-15(18)22/h2-5,10H,6-9H2,1H3,(H,16,22)(H,17,21)(H,19,20). The molecule has 0 aromatic heterocycles. The molecule has 7 nitrogen and oxygen atoms in total. The number of rotatable bonds is 6. The Kier molecular flexibility index (Phi) is 4.98. The van der Waals surface area contributed by atoms with Crippen molar-refractivity contribution in [3.63, 3.8) is 0 Å². The van der Waals surface area contributed by atoms with Crippen LogP contribution in [-0.2, 0) is 4.79 Å². The highest BCUT2D eigenvalue weighted by molar-refractivity contribution is 5.97. The molecule has 2 rings (SSSR count). The largest absolute Gasteiger partial charge is 0.481 e. The lowest BCUT2D eigenvalue weighted by atomic mass is 10.1. The third kappa shape index (κ3) is 3.97. The van der Waals surface area contributed by atoms with Gasteiger partial charge in [-0.25, -0.2) is 4.79 Å². The Balaban J connectivity index is 1.91. The lowest BCUT2D eigenvalue weighted by Crippen LogP contribution is -2.29. The average molecular weight is 305 g/mol. The molecule has 0 radical (unpaired) electrons. The fourth-order valence-corrected chi connectivity index (χ4v) is 2.25. The van der Waals surface area contributed by atoms with Crippen LogP contribution in [0, 0.1) is 5.92 Å². The number of hydrogen-bond acceptors (Lipinski definition) is 3. The fraction of sp³-hybridized carbons (Fsp3) is 0.400. The van der Waals surface area contributed by atoms with Crippen LogP contribution < -0.4 is 15.5 Å². The lowest BCUT2D eigenvalue weighted by molar-refractivity contribution is -0.137. The Morgan fingerprint density at radius 2 is 2.05 bits per heavy atom. The summed E-state index contributed by atoms with van der Waals surface area (Å²) in [5, 5.41) is 14.1. The fourth-order valence-electron chi connectivity index (χ4n) is 2.25. The number of carbonyl (C=O) groups is 3. The van der Waals surface area contributed by atoms with Gasteiger partial charge in [-0.15, -0.1) is 0 Å². The molecule has 0 saturated carbocycles. The zero-order valence-electron chi connectivity index (χ0n) is 12.3. The van der Waals surface area contributed by atoms with E-state index in [4.69, 9.17) is 5.11 Å². The molecule has 1 aromatic carbocycles. The summed E-state index contributed by atoms with van der Waals surface area (Å²) in [5.41, 5.74) is 1.22. The monoisotopic (exact) mass is 305 g/mol. The summed E-state index contributed by atoms with van der Waals surface area (Å²) < 4.78 is 0. The van der Waals surface area contributed by atoms with Crippen molar-refractivity contribution in [1.82, 2.24) is 10.6 Å². The van der Waals surface area contributed by atoms with Crippen molar-refractivity contribution in [1.29, 1.82) is 0 Å². The second kappa shape index (κ2) is 6.93. The van der Waals surface area contributed by atoms with Gasteiger partial charge in [-0.1, -0.05) is 6.92 Å².